The van der Waals surface area contributed by atoms with Crippen LogP contribution < -0.4 is 5.32 Å². The fourth-order valence-electron chi connectivity index (χ4n) is 0.834. The molecule has 2 rings (SSSR count). The Morgan fingerprint density at radius 2 is 2.50 bits per heavy atom. The van der Waals surface area contributed by atoms with Gasteiger partial charge in [-0.15, -0.1) is 0 Å². The Hall–Kier alpha value is -1.36. The lowest BCUT2D eigenvalue weighted by atomic mass is 10.3. The Bertz CT molecular complexity index is 354. The number of nitrogens with one attached hydrogen (secondary N) is 1. The summed E-state index contributed by atoms with van der Waals surface area (Å²) in [6, 6.07) is 2.39. The number of thiophene rings is 1. The van der Waals surface area contributed by atoms with Crippen LogP contribution in [0.3, 0.4) is 0 Å². The van der Waals surface area contributed by atoms with E-state index in [0.717, 1.165) is 5.56 Å². The molecule has 0 aliphatic rings. The van der Waals surface area contributed by atoms with E-state index in [9.17, 15) is 0 Å². The molecule has 0 aliphatic carbocycles. The fraction of sp³-hybridized carbons (Fsp3) is 0.143. The highest BCUT2D eigenvalue weighted by Gasteiger charge is 2.06. The standard InChI is InChI=1S/C7H7N3OS/c1-8-7-9-6(10-11-7)5-2-3-12-4-5/h2-4H,1H3,(H,8,9,10). The summed E-state index contributed by atoms with van der Waals surface area (Å²) in [6.45, 7) is 0. The smallest absolute Gasteiger partial charge is 0.321 e. The summed E-state index contributed by atoms with van der Waals surface area (Å²) in [4.78, 5) is 4.09. The van der Waals surface area contributed by atoms with Crippen molar-refractivity contribution in [3.8, 4) is 11.4 Å². The summed E-state index contributed by atoms with van der Waals surface area (Å²) < 4.78 is 4.87. The summed E-state index contributed by atoms with van der Waals surface area (Å²) in [7, 11) is 1.74. The Balaban J connectivity index is 2.35. The summed E-state index contributed by atoms with van der Waals surface area (Å²) >= 11 is 1.61. The van der Waals surface area contributed by atoms with Crippen molar-refractivity contribution in [1.29, 1.82) is 0 Å². The van der Waals surface area contributed by atoms with Crippen LogP contribution in [0.4, 0.5) is 6.01 Å². The van der Waals surface area contributed by atoms with E-state index in [-0.39, 0.29) is 0 Å². The molecule has 0 atom stereocenters. The predicted molar refractivity (Wildman–Crippen MR) is 47.2 cm³/mol. The molecule has 2 heterocycles. The molecule has 0 saturated carbocycles. The van der Waals surface area contributed by atoms with Crippen LogP contribution in [-0.2, 0) is 0 Å². The van der Waals surface area contributed by atoms with Gasteiger partial charge in [-0.2, -0.15) is 16.3 Å². The highest BCUT2D eigenvalue weighted by Crippen LogP contribution is 2.19. The van der Waals surface area contributed by atoms with Crippen molar-refractivity contribution in [3.63, 3.8) is 0 Å². The summed E-state index contributed by atoms with van der Waals surface area (Å²) in [5.74, 6) is 0.626. The molecule has 2 aromatic heterocycles. The van der Waals surface area contributed by atoms with E-state index in [2.05, 4.69) is 15.5 Å². The Morgan fingerprint density at radius 1 is 1.58 bits per heavy atom. The predicted octanol–water partition coefficient (Wildman–Crippen LogP) is 1.84. The Labute approximate surface area is 73.2 Å². The molecule has 0 saturated heterocycles. The third-order valence-electron chi connectivity index (χ3n) is 1.42. The zero-order valence-electron chi connectivity index (χ0n) is 6.44. The molecular weight excluding hydrogens is 174 g/mol. The molecule has 0 unspecified atom stereocenters. The van der Waals surface area contributed by atoms with E-state index in [4.69, 9.17) is 4.52 Å². The van der Waals surface area contributed by atoms with Gasteiger partial charge in [0.2, 0.25) is 5.82 Å². The Kier molecular flexibility index (Phi) is 1.79. The zero-order valence-corrected chi connectivity index (χ0v) is 7.26. The van der Waals surface area contributed by atoms with E-state index in [0.29, 0.717) is 11.8 Å². The van der Waals surface area contributed by atoms with Crippen LogP contribution >= 0.6 is 11.3 Å². The number of anilines is 1. The molecule has 12 heavy (non-hydrogen) atoms. The lowest BCUT2D eigenvalue weighted by Gasteiger charge is -1.83. The van der Waals surface area contributed by atoms with Crippen LogP contribution in [0.2, 0.25) is 0 Å². The quantitative estimate of drug-likeness (QED) is 0.768. The normalized spacial score (nSPS) is 10.1. The van der Waals surface area contributed by atoms with Gasteiger partial charge in [-0.3, -0.25) is 0 Å². The third kappa shape index (κ3) is 1.18. The lowest BCUT2D eigenvalue weighted by Crippen LogP contribution is -1.86. The number of rotatable bonds is 2. The van der Waals surface area contributed by atoms with Crippen LogP contribution in [0, 0.1) is 0 Å². The van der Waals surface area contributed by atoms with E-state index >= 15 is 0 Å². The third-order valence-corrected chi connectivity index (χ3v) is 2.10. The van der Waals surface area contributed by atoms with Crippen LogP contribution in [0.5, 0.6) is 0 Å². The molecule has 0 bridgehead atoms. The molecule has 1 N–H and O–H groups in total. The first-order valence-corrected chi connectivity index (χ1v) is 4.38. The maximum Gasteiger partial charge on any atom is 0.321 e. The molecule has 5 heteroatoms. The highest BCUT2D eigenvalue weighted by molar-refractivity contribution is 7.08. The van der Waals surface area contributed by atoms with Crippen LogP contribution in [-0.4, -0.2) is 17.2 Å². The van der Waals surface area contributed by atoms with Crippen molar-refractivity contribution in [2.75, 3.05) is 12.4 Å². The first-order chi connectivity index (χ1) is 5.90. The van der Waals surface area contributed by atoms with Crippen LogP contribution in [0.15, 0.2) is 21.3 Å². The van der Waals surface area contributed by atoms with Gasteiger partial charge in [0.15, 0.2) is 0 Å². The number of hydrogen-bond donors (Lipinski definition) is 1. The maximum atomic E-state index is 4.87. The molecule has 0 amide bonds. The van der Waals surface area contributed by atoms with Gasteiger partial charge < -0.3 is 9.84 Å². The van der Waals surface area contributed by atoms with Crippen molar-refractivity contribution in [3.05, 3.63) is 16.8 Å². The monoisotopic (exact) mass is 181 g/mol. The van der Waals surface area contributed by atoms with Crippen molar-refractivity contribution < 1.29 is 4.52 Å². The SMILES string of the molecule is CNc1nc(-c2ccsc2)no1. The molecule has 62 valence electrons. The van der Waals surface area contributed by atoms with Gasteiger partial charge in [-0.05, 0) is 11.4 Å². The topological polar surface area (TPSA) is 51.0 Å². The molecule has 0 aliphatic heterocycles. The molecule has 2 aromatic rings. The maximum absolute atomic E-state index is 4.87. The highest BCUT2D eigenvalue weighted by atomic mass is 32.1. The minimum atomic E-state index is 0.441. The van der Waals surface area contributed by atoms with Gasteiger partial charge >= 0.3 is 6.01 Å². The van der Waals surface area contributed by atoms with Gasteiger partial charge in [-0.1, -0.05) is 5.16 Å². The molecule has 4 nitrogen and oxygen atoms in total. The summed E-state index contributed by atoms with van der Waals surface area (Å²) in [5, 5.41) is 10.5. The molecule has 0 fully saturated rings. The average molecular weight is 181 g/mol. The van der Waals surface area contributed by atoms with E-state index in [1.54, 1.807) is 18.4 Å². The number of nitrogens with zero attached hydrogens (tertiary/aromatic N) is 2. The zero-order chi connectivity index (χ0) is 8.39. The van der Waals surface area contributed by atoms with Gasteiger partial charge in [0.1, 0.15) is 0 Å². The van der Waals surface area contributed by atoms with Crippen molar-refractivity contribution >= 4 is 17.4 Å². The largest absolute Gasteiger partial charge is 0.341 e. The fourth-order valence-corrected chi connectivity index (χ4v) is 1.47. The minimum Gasteiger partial charge on any atom is -0.341 e. The summed E-state index contributed by atoms with van der Waals surface area (Å²) in [5.41, 5.74) is 0.991. The number of aromatic nitrogens is 2. The number of hydrogen-bond acceptors (Lipinski definition) is 5. The second kappa shape index (κ2) is 2.94. The molecule has 0 spiro atoms. The van der Waals surface area contributed by atoms with E-state index in [1.807, 2.05) is 16.8 Å². The molecule has 0 aromatic carbocycles. The second-order valence-corrected chi connectivity index (χ2v) is 2.97. The van der Waals surface area contributed by atoms with Crippen LogP contribution in [0.1, 0.15) is 0 Å². The second-order valence-electron chi connectivity index (χ2n) is 2.19. The lowest BCUT2D eigenvalue weighted by molar-refractivity contribution is 0.434. The van der Waals surface area contributed by atoms with Crippen molar-refractivity contribution in [1.82, 2.24) is 10.1 Å². The average Bonchev–Trinajstić information content (AvgIpc) is 2.75. The first-order valence-electron chi connectivity index (χ1n) is 3.44. The summed E-state index contributed by atoms with van der Waals surface area (Å²) in [6.07, 6.45) is 0. The van der Waals surface area contributed by atoms with Crippen molar-refractivity contribution in [2.45, 2.75) is 0 Å². The van der Waals surface area contributed by atoms with Gasteiger partial charge in [0, 0.05) is 18.0 Å². The molecule has 0 radical (unpaired) electrons. The van der Waals surface area contributed by atoms with Crippen molar-refractivity contribution in [2.24, 2.45) is 0 Å². The minimum absolute atomic E-state index is 0.441. The Morgan fingerprint density at radius 3 is 3.08 bits per heavy atom. The van der Waals surface area contributed by atoms with E-state index < -0.39 is 0 Å². The van der Waals surface area contributed by atoms with E-state index in [1.165, 1.54) is 0 Å². The van der Waals surface area contributed by atoms with Gasteiger partial charge in [0.25, 0.3) is 0 Å². The van der Waals surface area contributed by atoms with Gasteiger partial charge in [-0.25, -0.2) is 0 Å². The van der Waals surface area contributed by atoms with Crippen LogP contribution in [0.25, 0.3) is 11.4 Å². The van der Waals surface area contributed by atoms with Gasteiger partial charge in [0.05, 0.1) is 0 Å². The molecular formula is C7H7N3OS. The first kappa shape index (κ1) is 7.30.